The lowest BCUT2D eigenvalue weighted by Gasteiger charge is -2.34. The number of carboxylic acids is 1. The Kier molecular flexibility index (Phi) is 6.96. The molecule has 1 saturated heterocycles. The number of likely N-dealkylation sites (tertiary alicyclic amines) is 1. The van der Waals surface area contributed by atoms with Crippen molar-refractivity contribution in [2.24, 2.45) is 5.92 Å². The maximum atomic E-state index is 12.7. The summed E-state index contributed by atoms with van der Waals surface area (Å²) in [4.78, 5) is 38.0. The molecule has 2 aliphatic rings. The number of carboxylic acid groups (broad SMARTS) is 1. The van der Waals surface area contributed by atoms with E-state index < -0.39 is 18.1 Å². The monoisotopic (exact) mass is 450 g/mol. The zero-order valence-corrected chi connectivity index (χ0v) is 18.8. The minimum Gasteiger partial charge on any atom is -0.480 e. The van der Waals surface area contributed by atoms with Gasteiger partial charge in [0, 0.05) is 24.9 Å². The van der Waals surface area contributed by atoms with E-state index in [1.165, 1.54) is 16.0 Å². The Morgan fingerprint density at radius 2 is 1.70 bits per heavy atom. The topological polar surface area (TPSA) is 95.9 Å². The molecule has 33 heavy (non-hydrogen) atoms. The van der Waals surface area contributed by atoms with Crippen molar-refractivity contribution >= 4 is 18.0 Å². The van der Waals surface area contributed by atoms with Crippen molar-refractivity contribution in [3.63, 3.8) is 0 Å². The normalized spacial score (nSPS) is 18.2. The first-order chi connectivity index (χ1) is 16.0. The van der Waals surface area contributed by atoms with Crippen LogP contribution in [0, 0.1) is 5.92 Å². The lowest BCUT2D eigenvalue weighted by Crippen LogP contribution is -2.50. The maximum absolute atomic E-state index is 12.7. The second-order valence-corrected chi connectivity index (χ2v) is 8.82. The molecule has 2 N–H and O–H groups in total. The van der Waals surface area contributed by atoms with Crippen LogP contribution in [0.2, 0.25) is 0 Å². The highest BCUT2D eigenvalue weighted by molar-refractivity contribution is 5.85. The van der Waals surface area contributed by atoms with Gasteiger partial charge >= 0.3 is 12.1 Å². The van der Waals surface area contributed by atoms with Crippen LogP contribution in [0.25, 0.3) is 11.1 Å². The van der Waals surface area contributed by atoms with Gasteiger partial charge in [-0.05, 0) is 47.9 Å². The van der Waals surface area contributed by atoms with E-state index in [-0.39, 0.29) is 30.9 Å². The summed E-state index contributed by atoms with van der Waals surface area (Å²) in [7, 11) is 0. The fraction of sp³-hybridized carbons (Fsp3) is 0.423. The van der Waals surface area contributed by atoms with Crippen LogP contribution < -0.4 is 5.32 Å². The molecule has 1 aliphatic heterocycles. The number of benzene rings is 2. The Labute approximate surface area is 193 Å². The molecule has 0 bridgehead atoms. The second kappa shape index (κ2) is 10.1. The molecule has 2 aromatic rings. The van der Waals surface area contributed by atoms with E-state index in [0.29, 0.717) is 19.4 Å². The number of aliphatic carboxylic acids is 1. The molecule has 7 heteroatoms. The molecule has 0 radical (unpaired) electrons. The lowest BCUT2D eigenvalue weighted by molar-refractivity contribution is -0.153. The highest BCUT2D eigenvalue weighted by Gasteiger charge is 2.34. The van der Waals surface area contributed by atoms with Crippen LogP contribution in [0.4, 0.5) is 4.79 Å². The van der Waals surface area contributed by atoms with Crippen molar-refractivity contribution in [1.82, 2.24) is 10.2 Å². The lowest BCUT2D eigenvalue weighted by atomic mass is 9.98. The zero-order chi connectivity index (χ0) is 23.4. The molecule has 1 fully saturated rings. The van der Waals surface area contributed by atoms with E-state index in [0.717, 1.165) is 24.0 Å². The number of nitrogens with one attached hydrogen (secondary N) is 1. The first-order valence-corrected chi connectivity index (χ1v) is 11.6. The smallest absolute Gasteiger partial charge is 0.407 e. The summed E-state index contributed by atoms with van der Waals surface area (Å²) in [6.07, 6.45) is 2.04. The van der Waals surface area contributed by atoms with E-state index in [1.54, 1.807) is 6.92 Å². The van der Waals surface area contributed by atoms with Gasteiger partial charge in [-0.15, -0.1) is 0 Å². The molecule has 4 rings (SSSR count). The number of piperidine rings is 1. The fourth-order valence-electron chi connectivity index (χ4n) is 4.90. The van der Waals surface area contributed by atoms with Gasteiger partial charge in [-0.1, -0.05) is 55.5 Å². The molecule has 174 valence electrons. The predicted octanol–water partition coefficient (Wildman–Crippen LogP) is 4.02. The van der Waals surface area contributed by atoms with Gasteiger partial charge in [0.2, 0.25) is 5.91 Å². The number of carbonyl (C=O) groups excluding carboxylic acids is 2. The Hall–Kier alpha value is -3.35. The molecule has 0 saturated carbocycles. The van der Waals surface area contributed by atoms with Gasteiger partial charge in [0.25, 0.3) is 0 Å². The molecule has 1 unspecified atom stereocenters. The molecule has 2 aromatic carbocycles. The number of hydrogen-bond acceptors (Lipinski definition) is 4. The van der Waals surface area contributed by atoms with Gasteiger partial charge in [0.1, 0.15) is 12.6 Å². The number of ether oxygens (including phenoxy) is 1. The second-order valence-electron chi connectivity index (χ2n) is 8.82. The fourth-order valence-corrected chi connectivity index (χ4v) is 4.90. The van der Waals surface area contributed by atoms with Gasteiger partial charge in [-0.3, -0.25) is 4.79 Å². The number of nitrogens with zero attached hydrogens (tertiary/aromatic N) is 1. The average Bonchev–Trinajstić information content (AvgIpc) is 3.16. The van der Waals surface area contributed by atoms with Crippen molar-refractivity contribution < 1.29 is 24.2 Å². The summed E-state index contributed by atoms with van der Waals surface area (Å²) in [6, 6.07) is 15.6. The van der Waals surface area contributed by atoms with Crippen LogP contribution in [0.3, 0.4) is 0 Å². The number of alkyl carbamates (subject to hydrolysis) is 1. The molecule has 2 amide bonds. The maximum Gasteiger partial charge on any atom is 0.407 e. The third-order valence-electron chi connectivity index (χ3n) is 6.68. The number of rotatable bonds is 7. The molecular formula is C26H30N2O5. The van der Waals surface area contributed by atoms with Crippen LogP contribution in [0.15, 0.2) is 48.5 Å². The van der Waals surface area contributed by atoms with Crippen LogP contribution in [0.5, 0.6) is 0 Å². The van der Waals surface area contributed by atoms with E-state index in [1.807, 2.05) is 24.3 Å². The Bertz CT molecular complexity index is 991. The third-order valence-corrected chi connectivity index (χ3v) is 6.68. The van der Waals surface area contributed by atoms with Gasteiger partial charge in [-0.2, -0.15) is 0 Å². The number of fused-ring (bicyclic) bond motifs is 3. The van der Waals surface area contributed by atoms with Crippen LogP contribution in [-0.2, 0) is 14.3 Å². The zero-order valence-electron chi connectivity index (χ0n) is 18.8. The van der Waals surface area contributed by atoms with Crippen molar-refractivity contribution in [3.05, 3.63) is 59.7 Å². The SMILES string of the molecule is CC(CCNC(=O)OCC1c2ccccc2-c2ccccc21)C(=O)N1CCCC[C@@H]1C(=O)O. The summed E-state index contributed by atoms with van der Waals surface area (Å²) < 4.78 is 5.52. The highest BCUT2D eigenvalue weighted by Crippen LogP contribution is 2.44. The summed E-state index contributed by atoms with van der Waals surface area (Å²) in [5.41, 5.74) is 4.65. The third kappa shape index (κ3) is 4.87. The predicted molar refractivity (Wildman–Crippen MR) is 124 cm³/mol. The first-order valence-electron chi connectivity index (χ1n) is 11.6. The van der Waals surface area contributed by atoms with E-state index >= 15 is 0 Å². The summed E-state index contributed by atoms with van der Waals surface area (Å²) in [6.45, 7) is 2.77. The van der Waals surface area contributed by atoms with Crippen molar-refractivity contribution in [3.8, 4) is 11.1 Å². The van der Waals surface area contributed by atoms with Crippen molar-refractivity contribution in [1.29, 1.82) is 0 Å². The molecule has 7 nitrogen and oxygen atoms in total. The van der Waals surface area contributed by atoms with E-state index in [2.05, 4.69) is 29.6 Å². The molecule has 2 atom stereocenters. The quantitative estimate of drug-likeness (QED) is 0.664. The molecule has 1 aliphatic carbocycles. The average molecular weight is 451 g/mol. The Morgan fingerprint density at radius 1 is 1.06 bits per heavy atom. The van der Waals surface area contributed by atoms with E-state index in [9.17, 15) is 19.5 Å². The number of hydrogen-bond donors (Lipinski definition) is 2. The number of carbonyl (C=O) groups is 3. The summed E-state index contributed by atoms with van der Waals surface area (Å²) >= 11 is 0. The largest absolute Gasteiger partial charge is 0.480 e. The highest BCUT2D eigenvalue weighted by atomic mass is 16.5. The van der Waals surface area contributed by atoms with Crippen LogP contribution in [-0.4, -0.2) is 53.7 Å². The molecule has 1 heterocycles. The van der Waals surface area contributed by atoms with Gasteiger partial charge in [0.05, 0.1) is 0 Å². The standard InChI is InChI=1S/C26H30N2O5/c1-17(24(29)28-15-7-6-12-23(28)25(30)31)13-14-27-26(32)33-16-22-20-10-4-2-8-18(20)19-9-3-5-11-21(19)22/h2-5,8-11,17,22-23H,6-7,12-16H2,1H3,(H,27,32)(H,30,31)/t17?,23-/m1/s1. The molecule has 0 aromatic heterocycles. The minimum absolute atomic E-state index is 0.00398. The van der Waals surface area contributed by atoms with Crippen molar-refractivity contribution in [2.75, 3.05) is 19.7 Å². The van der Waals surface area contributed by atoms with E-state index in [4.69, 9.17) is 4.74 Å². The van der Waals surface area contributed by atoms with Gasteiger partial charge in [-0.25, -0.2) is 9.59 Å². The minimum atomic E-state index is -0.952. The first kappa shape index (κ1) is 22.8. The van der Waals surface area contributed by atoms with Crippen molar-refractivity contribution in [2.45, 2.75) is 44.6 Å². The molecule has 0 spiro atoms. The summed E-state index contributed by atoms with van der Waals surface area (Å²) in [5, 5.41) is 12.1. The number of amides is 2. The Morgan fingerprint density at radius 3 is 2.33 bits per heavy atom. The Balaban J connectivity index is 1.26. The van der Waals surface area contributed by atoms with Crippen LogP contribution >= 0.6 is 0 Å². The van der Waals surface area contributed by atoms with Gasteiger partial charge in [0.15, 0.2) is 0 Å². The van der Waals surface area contributed by atoms with Crippen LogP contribution in [0.1, 0.15) is 49.7 Å². The summed E-state index contributed by atoms with van der Waals surface area (Å²) in [5.74, 6) is -1.50. The molecular weight excluding hydrogens is 420 g/mol. The van der Waals surface area contributed by atoms with Gasteiger partial charge < -0.3 is 20.1 Å².